The lowest BCUT2D eigenvalue weighted by molar-refractivity contribution is -0.385. The molecule has 0 spiro atoms. The van der Waals surface area contributed by atoms with Gasteiger partial charge in [0, 0.05) is 24.7 Å². The molecule has 9 heteroatoms. The quantitative estimate of drug-likeness (QED) is 0.609. The summed E-state index contributed by atoms with van der Waals surface area (Å²) in [6.07, 6.45) is 2.79. The maximum Gasteiger partial charge on any atom is 0.270 e. The maximum atomic E-state index is 12.2. The number of nitrogens with zero attached hydrogens (tertiary/aromatic N) is 1. The summed E-state index contributed by atoms with van der Waals surface area (Å²) in [5, 5.41) is 14.0. The Morgan fingerprint density at radius 1 is 1.48 bits per heavy atom. The average Bonchev–Trinajstić information content (AvgIpc) is 2.91. The predicted molar refractivity (Wildman–Crippen MR) is 78.9 cm³/mol. The van der Waals surface area contributed by atoms with Crippen molar-refractivity contribution in [2.45, 2.75) is 30.2 Å². The van der Waals surface area contributed by atoms with Crippen molar-refractivity contribution in [2.75, 3.05) is 13.1 Å². The van der Waals surface area contributed by atoms with Crippen molar-refractivity contribution < 1.29 is 13.3 Å². The molecule has 1 heterocycles. The zero-order valence-electron chi connectivity index (χ0n) is 11.2. The van der Waals surface area contributed by atoms with Gasteiger partial charge in [0.15, 0.2) is 0 Å². The van der Waals surface area contributed by atoms with Gasteiger partial charge in [0.05, 0.1) is 9.95 Å². The van der Waals surface area contributed by atoms with E-state index in [0.29, 0.717) is 12.5 Å². The molecule has 1 aliphatic rings. The number of non-ortho nitro benzene ring substituents is 1. The van der Waals surface area contributed by atoms with Gasteiger partial charge in [0.1, 0.15) is 4.90 Å². The minimum Gasteiger partial charge on any atom is -0.314 e. The molecule has 1 aromatic carbocycles. The largest absolute Gasteiger partial charge is 0.314 e. The molecule has 0 unspecified atom stereocenters. The zero-order valence-corrected chi connectivity index (χ0v) is 12.8. The molecule has 1 fully saturated rings. The standard InChI is InChI=1S/C12H16ClN3O4S/c13-11-4-3-10(16(17)18)8-12(11)21(19,20)15-7-5-9-2-1-6-14-9/h3-4,8-9,14-15H,1-2,5-7H2/t9-/m0/s1. The molecule has 7 nitrogen and oxygen atoms in total. The van der Waals surface area contributed by atoms with Crippen molar-refractivity contribution in [1.82, 2.24) is 10.0 Å². The molecule has 1 atom stereocenters. The Balaban J connectivity index is 2.07. The van der Waals surface area contributed by atoms with Crippen LogP contribution in [0.3, 0.4) is 0 Å². The van der Waals surface area contributed by atoms with Crippen LogP contribution in [-0.2, 0) is 10.0 Å². The van der Waals surface area contributed by atoms with E-state index in [1.165, 1.54) is 12.1 Å². The third kappa shape index (κ3) is 4.13. The van der Waals surface area contributed by atoms with E-state index in [9.17, 15) is 18.5 Å². The van der Waals surface area contributed by atoms with Crippen LogP contribution in [0.1, 0.15) is 19.3 Å². The second-order valence-corrected chi connectivity index (χ2v) is 6.99. The lowest BCUT2D eigenvalue weighted by atomic mass is 10.2. The Kier molecular flexibility index (Phi) is 5.15. The number of nitro benzene ring substituents is 1. The lowest BCUT2D eigenvalue weighted by Gasteiger charge is -2.11. The molecule has 1 aromatic rings. The zero-order chi connectivity index (χ0) is 15.5. The minimum absolute atomic E-state index is 0.0351. The fourth-order valence-electron chi connectivity index (χ4n) is 2.26. The number of hydrogen-bond donors (Lipinski definition) is 2. The number of hydrogen-bond acceptors (Lipinski definition) is 5. The average molecular weight is 334 g/mol. The summed E-state index contributed by atoms with van der Waals surface area (Å²) in [5.74, 6) is 0. The summed E-state index contributed by atoms with van der Waals surface area (Å²) < 4.78 is 26.8. The van der Waals surface area contributed by atoms with Gasteiger partial charge in [-0.2, -0.15) is 0 Å². The second kappa shape index (κ2) is 6.69. The monoisotopic (exact) mass is 333 g/mol. The van der Waals surface area contributed by atoms with E-state index >= 15 is 0 Å². The first-order valence-electron chi connectivity index (χ1n) is 6.57. The highest BCUT2D eigenvalue weighted by molar-refractivity contribution is 7.89. The van der Waals surface area contributed by atoms with Gasteiger partial charge < -0.3 is 5.32 Å². The Morgan fingerprint density at radius 2 is 2.24 bits per heavy atom. The van der Waals surface area contributed by atoms with Gasteiger partial charge in [-0.05, 0) is 31.9 Å². The molecule has 2 rings (SSSR count). The molecular formula is C12H16ClN3O4S. The molecule has 0 bridgehead atoms. The van der Waals surface area contributed by atoms with Crippen molar-refractivity contribution in [2.24, 2.45) is 0 Å². The summed E-state index contributed by atoms with van der Waals surface area (Å²) in [6, 6.07) is 3.67. The van der Waals surface area contributed by atoms with Crippen molar-refractivity contribution in [1.29, 1.82) is 0 Å². The molecule has 0 amide bonds. The molecular weight excluding hydrogens is 318 g/mol. The molecule has 0 saturated carbocycles. The van der Waals surface area contributed by atoms with Crippen LogP contribution in [0.15, 0.2) is 23.1 Å². The van der Waals surface area contributed by atoms with E-state index in [-0.39, 0.29) is 22.2 Å². The Morgan fingerprint density at radius 3 is 2.86 bits per heavy atom. The van der Waals surface area contributed by atoms with E-state index in [1.807, 2.05) is 0 Å². The highest BCUT2D eigenvalue weighted by atomic mass is 35.5. The third-order valence-electron chi connectivity index (χ3n) is 3.36. The molecule has 21 heavy (non-hydrogen) atoms. The first-order chi connectivity index (χ1) is 9.90. The maximum absolute atomic E-state index is 12.2. The van der Waals surface area contributed by atoms with E-state index in [4.69, 9.17) is 11.6 Å². The summed E-state index contributed by atoms with van der Waals surface area (Å²) in [7, 11) is -3.85. The molecule has 2 N–H and O–H groups in total. The summed E-state index contributed by atoms with van der Waals surface area (Å²) in [5.41, 5.74) is -0.308. The minimum atomic E-state index is -3.85. The fraction of sp³-hybridized carbons (Fsp3) is 0.500. The van der Waals surface area contributed by atoms with Gasteiger partial charge in [-0.25, -0.2) is 13.1 Å². The van der Waals surface area contributed by atoms with Gasteiger partial charge >= 0.3 is 0 Å². The number of halogens is 1. The topological polar surface area (TPSA) is 101 Å². The summed E-state index contributed by atoms with van der Waals surface area (Å²) in [4.78, 5) is 9.80. The Bertz CT molecular complexity index is 629. The van der Waals surface area contributed by atoms with Gasteiger partial charge in [0.25, 0.3) is 5.69 Å². The first kappa shape index (κ1) is 16.2. The Labute approximate surface area is 127 Å². The van der Waals surface area contributed by atoms with E-state index in [2.05, 4.69) is 10.0 Å². The molecule has 0 radical (unpaired) electrons. The van der Waals surface area contributed by atoms with Crippen LogP contribution in [0.4, 0.5) is 5.69 Å². The lowest BCUT2D eigenvalue weighted by Crippen LogP contribution is -2.30. The van der Waals surface area contributed by atoms with Gasteiger partial charge in [-0.1, -0.05) is 11.6 Å². The van der Waals surface area contributed by atoms with Gasteiger partial charge in [-0.3, -0.25) is 10.1 Å². The van der Waals surface area contributed by atoms with Crippen LogP contribution in [0.25, 0.3) is 0 Å². The van der Waals surface area contributed by atoms with E-state index in [1.54, 1.807) is 0 Å². The van der Waals surface area contributed by atoms with Crippen molar-refractivity contribution >= 4 is 27.3 Å². The normalized spacial score (nSPS) is 18.8. The van der Waals surface area contributed by atoms with E-state index in [0.717, 1.165) is 25.5 Å². The van der Waals surface area contributed by atoms with Crippen LogP contribution in [0.5, 0.6) is 0 Å². The van der Waals surface area contributed by atoms with Crippen molar-refractivity contribution in [3.05, 3.63) is 33.3 Å². The number of rotatable bonds is 6. The number of nitrogens with one attached hydrogen (secondary N) is 2. The third-order valence-corrected chi connectivity index (χ3v) is 5.30. The van der Waals surface area contributed by atoms with Crippen molar-refractivity contribution in [3.63, 3.8) is 0 Å². The van der Waals surface area contributed by atoms with Gasteiger partial charge in [-0.15, -0.1) is 0 Å². The smallest absolute Gasteiger partial charge is 0.270 e. The van der Waals surface area contributed by atoms with Crippen LogP contribution in [0, 0.1) is 10.1 Å². The highest BCUT2D eigenvalue weighted by Gasteiger charge is 2.22. The van der Waals surface area contributed by atoms with Crippen LogP contribution >= 0.6 is 11.6 Å². The van der Waals surface area contributed by atoms with E-state index < -0.39 is 14.9 Å². The highest BCUT2D eigenvalue weighted by Crippen LogP contribution is 2.26. The molecule has 116 valence electrons. The molecule has 1 saturated heterocycles. The first-order valence-corrected chi connectivity index (χ1v) is 8.43. The van der Waals surface area contributed by atoms with Crippen LogP contribution < -0.4 is 10.0 Å². The molecule has 0 aromatic heterocycles. The summed E-state index contributed by atoms with van der Waals surface area (Å²) in [6.45, 7) is 1.22. The summed E-state index contributed by atoms with van der Waals surface area (Å²) >= 11 is 5.84. The van der Waals surface area contributed by atoms with Gasteiger partial charge in [0.2, 0.25) is 10.0 Å². The number of benzene rings is 1. The fourth-order valence-corrected chi connectivity index (χ4v) is 3.82. The van der Waals surface area contributed by atoms with Crippen LogP contribution in [0.2, 0.25) is 5.02 Å². The van der Waals surface area contributed by atoms with Crippen LogP contribution in [-0.4, -0.2) is 32.5 Å². The molecule has 1 aliphatic heterocycles. The number of nitro groups is 1. The second-order valence-electron chi connectivity index (χ2n) is 4.85. The Hall–Kier alpha value is -1.22. The molecule has 0 aliphatic carbocycles. The predicted octanol–water partition coefficient (Wildman–Crippen LogP) is 1.67. The SMILES string of the molecule is O=[N+]([O-])c1ccc(Cl)c(S(=O)(=O)NCC[C@@H]2CCCN2)c1. The number of sulfonamides is 1. The van der Waals surface area contributed by atoms with Crippen molar-refractivity contribution in [3.8, 4) is 0 Å².